The number of guanidine groups is 1. The van der Waals surface area contributed by atoms with Gasteiger partial charge >= 0.3 is 5.97 Å². The maximum absolute atomic E-state index is 13.0. The van der Waals surface area contributed by atoms with Gasteiger partial charge in [-0.15, -0.1) is 0 Å². The van der Waals surface area contributed by atoms with Gasteiger partial charge in [0.1, 0.15) is 11.8 Å². The third kappa shape index (κ3) is 6.21. The summed E-state index contributed by atoms with van der Waals surface area (Å²) in [5.74, 6) is 0.0988. The van der Waals surface area contributed by atoms with E-state index in [0.717, 1.165) is 44.1 Å². The number of ether oxygens (including phenoxy) is 1. The molecule has 2 aliphatic carbocycles. The number of hydrogen-bond donors (Lipinski definition) is 4. The van der Waals surface area contributed by atoms with E-state index in [1.807, 2.05) is 0 Å². The van der Waals surface area contributed by atoms with Gasteiger partial charge in [0, 0.05) is 6.54 Å². The first-order valence-corrected chi connectivity index (χ1v) is 13.6. The number of carboxylic acid groups (broad SMARTS) is 1. The van der Waals surface area contributed by atoms with Crippen LogP contribution < -0.4 is 20.9 Å². The maximum atomic E-state index is 13.0. The molecule has 9 nitrogen and oxygen atoms in total. The zero-order valence-electron chi connectivity index (χ0n) is 20.1. The fourth-order valence-corrected chi connectivity index (χ4v) is 7.76. The van der Waals surface area contributed by atoms with Crippen LogP contribution >= 0.6 is 0 Å². The average Bonchev–Trinajstić information content (AvgIpc) is 3.13. The summed E-state index contributed by atoms with van der Waals surface area (Å²) in [5.41, 5.74) is 11.0. The zero-order valence-corrected chi connectivity index (χ0v) is 20.9. The molecule has 0 unspecified atom stereocenters. The summed E-state index contributed by atoms with van der Waals surface area (Å²) in [6.07, 6.45) is 5.53. The monoisotopic (exact) mass is 494 g/mol. The lowest BCUT2D eigenvalue weighted by Crippen LogP contribution is -2.47. The van der Waals surface area contributed by atoms with Gasteiger partial charge in [-0.1, -0.05) is 26.0 Å². The summed E-state index contributed by atoms with van der Waals surface area (Å²) < 4.78 is 34.2. The molecule has 6 N–H and O–H groups in total. The molecule has 1 aromatic carbocycles. The highest BCUT2D eigenvalue weighted by atomic mass is 32.2. The van der Waals surface area contributed by atoms with Crippen LogP contribution in [0.25, 0.3) is 0 Å². The summed E-state index contributed by atoms with van der Waals surface area (Å²) in [7, 11) is -3.76. The largest absolute Gasteiger partial charge is 0.494 e. The van der Waals surface area contributed by atoms with Crippen molar-refractivity contribution in [3.8, 4) is 5.75 Å². The Kier molecular flexibility index (Phi) is 8.13. The van der Waals surface area contributed by atoms with Crippen molar-refractivity contribution in [3.05, 3.63) is 29.8 Å². The van der Waals surface area contributed by atoms with E-state index in [0.29, 0.717) is 24.8 Å². The number of nitrogens with zero attached hydrogens (tertiary/aromatic N) is 1. The molecule has 0 radical (unpaired) electrons. The molecular weight excluding hydrogens is 456 g/mol. The van der Waals surface area contributed by atoms with Gasteiger partial charge in [-0.3, -0.25) is 9.79 Å². The molecule has 0 aromatic heterocycles. The molecule has 2 aliphatic rings. The Balaban J connectivity index is 1.54. The van der Waals surface area contributed by atoms with Gasteiger partial charge in [-0.25, -0.2) is 13.1 Å². The van der Waals surface area contributed by atoms with Crippen molar-refractivity contribution in [1.29, 1.82) is 0 Å². The van der Waals surface area contributed by atoms with E-state index in [-0.39, 0.29) is 29.0 Å². The van der Waals surface area contributed by atoms with Crippen LogP contribution in [0, 0.1) is 16.7 Å². The Bertz CT molecular complexity index is 979. The SMILES string of the molecule is CC1(C)C2CCC1(CS(=O)(=O)N[C@@H](Cc1ccc(OCCCCN=C(N)N)cc1)C(=O)O)CC2. The Morgan fingerprint density at radius 3 is 2.38 bits per heavy atom. The van der Waals surface area contributed by atoms with Gasteiger partial charge < -0.3 is 21.3 Å². The molecule has 2 bridgehead atoms. The minimum atomic E-state index is -3.76. The van der Waals surface area contributed by atoms with Crippen molar-refractivity contribution in [2.24, 2.45) is 33.2 Å². The van der Waals surface area contributed by atoms with Gasteiger partial charge in [-0.05, 0) is 79.4 Å². The highest BCUT2D eigenvalue weighted by Gasteiger charge is 2.60. The molecule has 34 heavy (non-hydrogen) atoms. The maximum Gasteiger partial charge on any atom is 0.322 e. The molecule has 190 valence electrons. The fourth-order valence-electron chi connectivity index (χ4n) is 5.67. The Morgan fingerprint density at radius 2 is 1.85 bits per heavy atom. The van der Waals surface area contributed by atoms with Gasteiger partial charge in [0.25, 0.3) is 0 Å². The van der Waals surface area contributed by atoms with Gasteiger partial charge in [0.2, 0.25) is 10.0 Å². The standard InChI is InChI=1S/C24H38N4O5S/c1-23(2)18-9-11-24(23,12-10-18)16-34(31,32)28-20(21(29)30)15-17-5-7-19(8-6-17)33-14-4-3-13-27-22(25)26/h5-8,18,20,28H,3-4,9-16H2,1-2H3,(H,29,30)(H4,25,26,27)/t18?,20-,24?/m0/s1. The fraction of sp³-hybridized carbons (Fsp3) is 0.667. The molecule has 2 saturated carbocycles. The van der Waals surface area contributed by atoms with Crippen molar-refractivity contribution >= 4 is 22.0 Å². The summed E-state index contributed by atoms with van der Waals surface area (Å²) in [4.78, 5) is 15.8. The number of aliphatic imine (C=N–C) groups is 1. The average molecular weight is 495 g/mol. The number of hydrogen-bond acceptors (Lipinski definition) is 5. The molecular formula is C24H38N4O5S. The molecule has 0 saturated heterocycles. The number of carboxylic acids is 1. The molecule has 0 amide bonds. The Hall–Kier alpha value is -2.33. The predicted molar refractivity (Wildman–Crippen MR) is 132 cm³/mol. The second-order valence-corrected chi connectivity index (χ2v) is 12.0. The van der Waals surface area contributed by atoms with Crippen molar-refractivity contribution in [1.82, 2.24) is 4.72 Å². The van der Waals surface area contributed by atoms with E-state index in [2.05, 4.69) is 23.6 Å². The smallest absolute Gasteiger partial charge is 0.322 e. The van der Waals surface area contributed by atoms with E-state index in [1.54, 1.807) is 24.3 Å². The molecule has 3 rings (SSSR count). The number of benzene rings is 1. The summed E-state index contributed by atoms with van der Waals surface area (Å²) >= 11 is 0. The van der Waals surface area contributed by atoms with E-state index >= 15 is 0 Å². The van der Waals surface area contributed by atoms with Crippen LogP contribution in [0.3, 0.4) is 0 Å². The summed E-state index contributed by atoms with van der Waals surface area (Å²) in [5, 5.41) is 9.69. The molecule has 1 aromatic rings. The number of rotatable bonds is 13. The first-order valence-electron chi connectivity index (χ1n) is 11.9. The summed E-state index contributed by atoms with van der Waals surface area (Å²) in [6.45, 7) is 5.39. The zero-order chi connectivity index (χ0) is 25.0. The van der Waals surface area contributed by atoms with Crippen molar-refractivity contribution < 1.29 is 23.1 Å². The van der Waals surface area contributed by atoms with E-state index in [1.165, 1.54) is 0 Å². The van der Waals surface area contributed by atoms with Crippen LogP contribution in [0.5, 0.6) is 5.75 Å². The number of nitrogens with one attached hydrogen (secondary N) is 1. The minimum absolute atomic E-state index is 0.0107. The van der Waals surface area contributed by atoms with E-state index in [4.69, 9.17) is 16.2 Å². The Labute approximate surface area is 202 Å². The van der Waals surface area contributed by atoms with Gasteiger partial charge in [0.05, 0.1) is 12.4 Å². The third-order valence-electron chi connectivity index (χ3n) is 7.90. The van der Waals surface area contributed by atoms with Crippen LogP contribution in [-0.2, 0) is 21.2 Å². The second-order valence-electron chi connectivity index (χ2n) is 10.3. The van der Waals surface area contributed by atoms with Crippen molar-refractivity contribution in [2.75, 3.05) is 18.9 Å². The number of aliphatic carboxylic acids is 1. The predicted octanol–water partition coefficient (Wildman–Crippen LogP) is 2.25. The molecule has 10 heteroatoms. The lowest BCUT2D eigenvalue weighted by Gasteiger charge is -2.38. The van der Waals surface area contributed by atoms with Crippen molar-refractivity contribution in [2.45, 2.75) is 64.8 Å². The normalized spacial score (nSPS) is 24.0. The number of fused-ring (bicyclic) bond motifs is 2. The topological polar surface area (TPSA) is 157 Å². The number of unbranched alkanes of at least 4 members (excludes halogenated alkanes) is 1. The third-order valence-corrected chi connectivity index (χ3v) is 9.47. The van der Waals surface area contributed by atoms with Crippen LogP contribution in [0.15, 0.2) is 29.3 Å². The second kappa shape index (κ2) is 10.5. The minimum Gasteiger partial charge on any atom is -0.494 e. The van der Waals surface area contributed by atoms with Gasteiger partial charge in [0.15, 0.2) is 5.96 Å². The summed E-state index contributed by atoms with van der Waals surface area (Å²) in [6, 6.07) is 5.83. The molecule has 2 fully saturated rings. The highest BCUT2D eigenvalue weighted by Crippen LogP contribution is 2.66. The first kappa shape index (κ1) is 26.3. The van der Waals surface area contributed by atoms with E-state index < -0.39 is 22.0 Å². The Morgan fingerprint density at radius 1 is 1.21 bits per heavy atom. The lowest BCUT2D eigenvalue weighted by molar-refractivity contribution is -0.138. The van der Waals surface area contributed by atoms with Gasteiger partial charge in [-0.2, -0.15) is 0 Å². The van der Waals surface area contributed by atoms with Crippen LogP contribution in [0.1, 0.15) is 57.9 Å². The molecule has 0 spiro atoms. The first-order chi connectivity index (χ1) is 15.9. The number of carbonyl (C=O) groups is 1. The molecule has 0 heterocycles. The van der Waals surface area contributed by atoms with E-state index in [9.17, 15) is 18.3 Å². The lowest BCUT2D eigenvalue weighted by atomic mass is 9.71. The van der Waals surface area contributed by atoms with Crippen LogP contribution in [-0.4, -0.2) is 50.4 Å². The van der Waals surface area contributed by atoms with Crippen LogP contribution in [0.2, 0.25) is 0 Å². The highest BCUT2D eigenvalue weighted by molar-refractivity contribution is 7.89. The van der Waals surface area contributed by atoms with Crippen molar-refractivity contribution in [3.63, 3.8) is 0 Å². The quantitative estimate of drug-likeness (QED) is 0.186. The van der Waals surface area contributed by atoms with Crippen LogP contribution in [0.4, 0.5) is 0 Å². The number of nitrogens with two attached hydrogens (primary N) is 2. The molecule has 0 aliphatic heterocycles. The molecule has 1 atom stereocenters. The number of sulfonamides is 1.